The van der Waals surface area contributed by atoms with E-state index in [9.17, 15) is 0 Å². The quantitative estimate of drug-likeness (QED) is 0.924. The highest BCUT2D eigenvalue weighted by Crippen LogP contribution is 2.27. The number of nitrogens with zero attached hydrogens (tertiary/aromatic N) is 2. The molecule has 1 N–H and O–H groups in total. The second kappa shape index (κ2) is 4.20. The number of aromatic nitrogens is 2. The Balaban J connectivity index is 2.68. The van der Waals surface area contributed by atoms with Crippen LogP contribution in [0.4, 0.5) is 0 Å². The zero-order chi connectivity index (χ0) is 10.8. The predicted octanol–water partition coefficient (Wildman–Crippen LogP) is 1.82. The molecule has 0 unspecified atom stereocenters. The van der Waals surface area contributed by atoms with Crippen LogP contribution in [0.5, 0.6) is 5.75 Å². The van der Waals surface area contributed by atoms with Crippen molar-refractivity contribution in [1.82, 2.24) is 14.7 Å². The molecule has 0 saturated heterocycles. The van der Waals surface area contributed by atoms with Gasteiger partial charge in [-0.1, -0.05) is 0 Å². The monoisotopic (exact) mass is 269 g/mol. The van der Waals surface area contributed by atoms with E-state index in [4.69, 9.17) is 4.74 Å². The number of hydrogen-bond donors (Lipinski definition) is 1. The minimum absolute atomic E-state index is 0.722. The summed E-state index contributed by atoms with van der Waals surface area (Å²) in [5.41, 5.74) is 0.963. The van der Waals surface area contributed by atoms with Gasteiger partial charge < -0.3 is 10.1 Å². The van der Waals surface area contributed by atoms with Gasteiger partial charge in [0, 0.05) is 6.20 Å². The van der Waals surface area contributed by atoms with E-state index in [1.165, 1.54) is 0 Å². The lowest BCUT2D eigenvalue weighted by Gasteiger charge is -2.04. The van der Waals surface area contributed by atoms with E-state index in [0.29, 0.717) is 0 Å². The Morgan fingerprint density at radius 3 is 3.07 bits per heavy atom. The van der Waals surface area contributed by atoms with Crippen LogP contribution in [0.2, 0.25) is 0 Å². The van der Waals surface area contributed by atoms with E-state index in [0.717, 1.165) is 28.2 Å². The molecule has 2 aromatic heterocycles. The molecule has 2 aromatic rings. The van der Waals surface area contributed by atoms with Crippen LogP contribution in [-0.4, -0.2) is 23.5 Å². The number of fused-ring (bicyclic) bond motifs is 1. The Morgan fingerprint density at radius 2 is 2.40 bits per heavy atom. The molecule has 0 aliphatic carbocycles. The Morgan fingerprint density at radius 1 is 1.60 bits per heavy atom. The van der Waals surface area contributed by atoms with E-state index in [-0.39, 0.29) is 0 Å². The highest BCUT2D eigenvalue weighted by Gasteiger charge is 2.11. The molecule has 0 saturated carbocycles. The maximum atomic E-state index is 5.29. The normalized spacial score (nSPS) is 10.9. The van der Waals surface area contributed by atoms with Crippen LogP contribution in [0.15, 0.2) is 22.9 Å². The molecule has 0 spiro atoms. The molecular weight excluding hydrogens is 258 g/mol. The lowest BCUT2D eigenvalue weighted by molar-refractivity contribution is 0.417. The molecule has 15 heavy (non-hydrogen) atoms. The molecule has 2 rings (SSSR count). The minimum Gasteiger partial charge on any atom is -0.494 e. The van der Waals surface area contributed by atoms with Crippen LogP contribution < -0.4 is 10.1 Å². The van der Waals surface area contributed by atoms with Gasteiger partial charge in [-0.25, -0.2) is 4.98 Å². The van der Waals surface area contributed by atoms with Crippen LogP contribution in [-0.2, 0) is 6.54 Å². The van der Waals surface area contributed by atoms with Gasteiger partial charge in [0.1, 0.15) is 21.7 Å². The molecule has 4 nitrogen and oxygen atoms in total. The van der Waals surface area contributed by atoms with Crippen LogP contribution in [0.25, 0.3) is 5.52 Å². The molecule has 0 aliphatic heterocycles. The number of imidazole rings is 1. The van der Waals surface area contributed by atoms with Gasteiger partial charge in [0.25, 0.3) is 0 Å². The van der Waals surface area contributed by atoms with Crippen molar-refractivity contribution in [3.63, 3.8) is 0 Å². The van der Waals surface area contributed by atoms with Gasteiger partial charge >= 0.3 is 0 Å². The summed E-state index contributed by atoms with van der Waals surface area (Å²) >= 11 is 3.44. The lowest BCUT2D eigenvalue weighted by atomic mass is 10.4. The molecule has 5 heteroatoms. The van der Waals surface area contributed by atoms with Crippen molar-refractivity contribution in [1.29, 1.82) is 0 Å². The van der Waals surface area contributed by atoms with Crippen molar-refractivity contribution in [3.8, 4) is 5.75 Å². The second-order valence-electron chi connectivity index (χ2n) is 3.14. The fourth-order valence-electron chi connectivity index (χ4n) is 1.57. The van der Waals surface area contributed by atoms with Crippen molar-refractivity contribution in [2.45, 2.75) is 6.54 Å². The zero-order valence-electron chi connectivity index (χ0n) is 8.62. The second-order valence-corrected chi connectivity index (χ2v) is 3.90. The average molecular weight is 270 g/mol. The molecule has 0 fully saturated rings. The van der Waals surface area contributed by atoms with E-state index in [1.807, 2.05) is 29.8 Å². The number of nitrogens with one attached hydrogen (secondary N) is 1. The molecule has 2 heterocycles. The van der Waals surface area contributed by atoms with Gasteiger partial charge in [-0.15, -0.1) is 0 Å². The van der Waals surface area contributed by atoms with Crippen molar-refractivity contribution in [2.24, 2.45) is 0 Å². The summed E-state index contributed by atoms with van der Waals surface area (Å²) in [7, 11) is 3.56. The average Bonchev–Trinajstić information content (AvgIpc) is 2.57. The summed E-state index contributed by atoms with van der Waals surface area (Å²) in [4.78, 5) is 4.43. The smallest absolute Gasteiger partial charge is 0.145 e. The Labute approximate surface area is 96.4 Å². The first-order chi connectivity index (χ1) is 7.27. The van der Waals surface area contributed by atoms with Gasteiger partial charge in [-0.05, 0) is 35.1 Å². The summed E-state index contributed by atoms with van der Waals surface area (Å²) in [6.45, 7) is 0.722. The van der Waals surface area contributed by atoms with Gasteiger partial charge in [0.15, 0.2) is 0 Å². The lowest BCUT2D eigenvalue weighted by Crippen LogP contribution is -2.08. The molecule has 0 aliphatic rings. The van der Waals surface area contributed by atoms with E-state index < -0.39 is 0 Å². The number of methoxy groups -OCH3 is 1. The molecule has 0 atom stereocenters. The number of pyridine rings is 1. The van der Waals surface area contributed by atoms with Crippen LogP contribution >= 0.6 is 15.9 Å². The number of hydrogen-bond acceptors (Lipinski definition) is 3. The molecule has 0 aromatic carbocycles. The summed E-state index contributed by atoms with van der Waals surface area (Å²) in [5, 5.41) is 3.08. The molecule has 80 valence electrons. The molecule has 0 amide bonds. The molecule has 0 bridgehead atoms. The van der Waals surface area contributed by atoms with Crippen molar-refractivity contribution >= 4 is 21.4 Å². The van der Waals surface area contributed by atoms with Gasteiger partial charge in [0.05, 0.1) is 13.7 Å². The Bertz CT molecular complexity index is 481. The number of ether oxygens (including phenoxy) is 1. The maximum absolute atomic E-state index is 5.29. The Kier molecular flexibility index (Phi) is 2.93. The maximum Gasteiger partial charge on any atom is 0.145 e. The standard InChI is InChI=1S/C10H12BrN3O/c1-12-6-8-13-10(11)9-7(15-2)4-3-5-14(8)9/h3-5,12H,6H2,1-2H3. The topological polar surface area (TPSA) is 38.6 Å². The minimum atomic E-state index is 0.722. The largest absolute Gasteiger partial charge is 0.494 e. The fourth-order valence-corrected chi connectivity index (χ4v) is 2.16. The fraction of sp³-hybridized carbons (Fsp3) is 0.300. The molecule has 0 radical (unpaired) electrons. The summed E-state index contributed by atoms with van der Waals surface area (Å²) < 4.78 is 8.11. The predicted molar refractivity (Wildman–Crippen MR) is 62.2 cm³/mol. The SMILES string of the molecule is CNCc1nc(Br)c2c(OC)cccn12. The first-order valence-corrected chi connectivity index (χ1v) is 5.41. The first-order valence-electron chi connectivity index (χ1n) is 4.62. The van der Waals surface area contributed by atoms with Crippen LogP contribution in [0.3, 0.4) is 0 Å². The third kappa shape index (κ3) is 1.72. The van der Waals surface area contributed by atoms with Crippen LogP contribution in [0.1, 0.15) is 5.82 Å². The summed E-state index contributed by atoms with van der Waals surface area (Å²) in [6, 6.07) is 3.87. The van der Waals surface area contributed by atoms with E-state index in [2.05, 4.69) is 26.2 Å². The summed E-state index contributed by atoms with van der Waals surface area (Å²) in [5.74, 6) is 1.78. The van der Waals surface area contributed by atoms with Crippen molar-refractivity contribution in [3.05, 3.63) is 28.8 Å². The van der Waals surface area contributed by atoms with E-state index in [1.54, 1.807) is 7.11 Å². The molecular formula is C10H12BrN3O. The first kappa shape index (κ1) is 10.4. The van der Waals surface area contributed by atoms with Gasteiger partial charge in [0.2, 0.25) is 0 Å². The van der Waals surface area contributed by atoms with E-state index >= 15 is 0 Å². The Hall–Kier alpha value is -1.07. The van der Waals surface area contributed by atoms with Gasteiger partial charge in [-0.2, -0.15) is 0 Å². The summed E-state index contributed by atoms with van der Waals surface area (Å²) in [6.07, 6.45) is 1.97. The third-order valence-corrected chi connectivity index (χ3v) is 2.77. The van der Waals surface area contributed by atoms with Crippen LogP contribution in [0, 0.1) is 0 Å². The highest BCUT2D eigenvalue weighted by atomic mass is 79.9. The number of halogens is 1. The third-order valence-electron chi connectivity index (χ3n) is 2.21. The number of rotatable bonds is 3. The van der Waals surface area contributed by atoms with Crippen molar-refractivity contribution < 1.29 is 4.74 Å². The van der Waals surface area contributed by atoms with Crippen molar-refractivity contribution in [2.75, 3.05) is 14.2 Å². The highest BCUT2D eigenvalue weighted by molar-refractivity contribution is 9.10. The zero-order valence-corrected chi connectivity index (χ0v) is 10.2. The van der Waals surface area contributed by atoms with Gasteiger partial charge in [-0.3, -0.25) is 4.40 Å².